The molecule has 3 heterocycles. The molecule has 0 radical (unpaired) electrons. The van der Waals surface area contributed by atoms with Crippen LogP contribution in [0.5, 0.6) is 0 Å². The lowest BCUT2D eigenvalue weighted by atomic mass is 9.76. The fourth-order valence-corrected chi connectivity index (χ4v) is 5.14. The molecule has 5 rings (SSSR count). The Morgan fingerprint density at radius 1 is 1.34 bits per heavy atom. The second kappa shape index (κ2) is 8.05. The highest BCUT2D eigenvalue weighted by Crippen LogP contribution is 2.38. The van der Waals surface area contributed by atoms with Crippen LogP contribution in [0.4, 0.5) is 5.69 Å². The third kappa shape index (κ3) is 4.07. The summed E-state index contributed by atoms with van der Waals surface area (Å²) in [5.74, 6) is 0.0363. The number of nitrogens with zero attached hydrogens (tertiary/aromatic N) is 3. The zero-order valence-electron chi connectivity index (χ0n) is 19.2. The van der Waals surface area contributed by atoms with Crippen LogP contribution in [-0.4, -0.2) is 63.9 Å². The maximum Gasteiger partial charge on any atom is 0.240 e. The summed E-state index contributed by atoms with van der Waals surface area (Å²) < 4.78 is 0. The van der Waals surface area contributed by atoms with Gasteiger partial charge in [0.25, 0.3) is 0 Å². The van der Waals surface area contributed by atoms with Gasteiger partial charge in [0.15, 0.2) is 0 Å². The van der Waals surface area contributed by atoms with Gasteiger partial charge in [0.05, 0.1) is 18.3 Å². The van der Waals surface area contributed by atoms with Gasteiger partial charge in [-0.1, -0.05) is 19.9 Å². The third-order valence-corrected chi connectivity index (χ3v) is 7.12. The number of hydrogen-bond donors (Lipinski definition) is 3. The van der Waals surface area contributed by atoms with Crippen molar-refractivity contribution in [3.63, 3.8) is 0 Å². The predicted octanol–water partition coefficient (Wildman–Crippen LogP) is 3.49. The van der Waals surface area contributed by atoms with Crippen molar-refractivity contribution in [2.24, 2.45) is 5.41 Å². The molecule has 7 heteroatoms. The van der Waals surface area contributed by atoms with E-state index in [0.29, 0.717) is 18.5 Å². The Bertz CT molecular complexity index is 1140. The second-order valence-corrected chi connectivity index (χ2v) is 10.3. The van der Waals surface area contributed by atoms with Gasteiger partial charge in [-0.2, -0.15) is 5.10 Å². The number of benzene rings is 1. The van der Waals surface area contributed by atoms with E-state index in [-0.39, 0.29) is 12.0 Å². The largest absolute Gasteiger partial charge is 0.392 e. The molecule has 1 atom stereocenters. The number of likely N-dealkylation sites (N-methyl/N-ethyl adjacent to an activating group) is 1. The number of β-amino-alcohol motifs (C(OH)–C–C–N with tert-alkyl or cyclic N) is 1. The van der Waals surface area contributed by atoms with Crippen LogP contribution in [0, 0.1) is 5.41 Å². The van der Waals surface area contributed by atoms with E-state index in [1.54, 1.807) is 4.90 Å². The van der Waals surface area contributed by atoms with Gasteiger partial charge >= 0.3 is 0 Å². The summed E-state index contributed by atoms with van der Waals surface area (Å²) in [6.45, 7) is 6.39. The topological polar surface area (TPSA) is 88.2 Å². The smallest absolute Gasteiger partial charge is 0.240 e. The minimum absolute atomic E-state index is 0.0363. The lowest BCUT2D eigenvalue weighted by Crippen LogP contribution is -2.44. The Balaban J connectivity index is 1.35. The normalized spacial score (nSPS) is 20.9. The first kappa shape index (κ1) is 21.2. The maximum atomic E-state index is 12.8. The van der Waals surface area contributed by atoms with Crippen molar-refractivity contribution in [3.05, 3.63) is 35.5 Å². The van der Waals surface area contributed by atoms with E-state index in [1.807, 2.05) is 24.1 Å². The van der Waals surface area contributed by atoms with Crippen LogP contribution in [-0.2, 0) is 17.6 Å². The number of aromatic nitrogens is 3. The average molecular weight is 436 g/mol. The molecule has 7 nitrogen and oxygen atoms in total. The number of anilines is 1. The zero-order valence-corrected chi connectivity index (χ0v) is 19.2. The summed E-state index contributed by atoms with van der Waals surface area (Å²) in [4.78, 5) is 20.1. The van der Waals surface area contributed by atoms with Crippen molar-refractivity contribution >= 4 is 22.5 Å². The number of aliphatic hydroxyl groups excluding tert-OH is 1. The second-order valence-electron chi connectivity index (χ2n) is 10.3. The fraction of sp³-hybridized carbons (Fsp3) is 0.520. The molecule has 32 heavy (non-hydrogen) atoms. The fourth-order valence-electron chi connectivity index (χ4n) is 5.14. The Morgan fingerprint density at radius 3 is 3.00 bits per heavy atom. The van der Waals surface area contributed by atoms with Crippen LogP contribution in [0.15, 0.2) is 24.3 Å². The number of piperidine rings is 1. The molecule has 1 saturated heterocycles. The first-order valence-electron chi connectivity index (χ1n) is 11.7. The van der Waals surface area contributed by atoms with E-state index in [1.165, 1.54) is 11.3 Å². The summed E-state index contributed by atoms with van der Waals surface area (Å²) in [7, 11) is 1.82. The number of hydrogen-bond acceptors (Lipinski definition) is 4. The highest BCUT2D eigenvalue weighted by molar-refractivity contribution is 5.97. The summed E-state index contributed by atoms with van der Waals surface area (Å²) in [6.07, 6.45) is 4.66. The quantitative estimate of drug-likeness (QED) is 0.585. The number of carbonyl (C=O) groups is 1. The Kier molecular flexibility index (Phi) is 5.34. The SMILES string of the molecule is CN(C(=O)CN1CCC[C@H](O)C1)c1ccc2cc(-c3n[nH]c4c3CCC(C)(C)C4)[nH]c2c1. The van der Waals surface area contributed by atoms with Crippen LogP contribution in [0.2, 0.25) is 0 Å². The third-order valence-electron chi connectivity index (χ3n) is 7.12. The molecule has 3 aromatic rings. The number of fused-ring (bicyclic) bond motifs is 2. The van der Waals surface area contributed by atoms with Gasteiger partial charge < -0.3 is 15.0 Å². The zero-order chi connectivity index (χ0) is 22.5. The number of likely N-dealkylation sites (tertiary alicyclic amines) is 1. The molecule has 1 fully saturated rings. The van der Waals surface area contributed by atoms with Crippen LogP contribution < -0.4 is 4.90 Å². The Labute approximate surface area is 188 Å². The minimum Gasteiger partial charge on any atom is -0.392 e. The van der Waals surface area contributed by atoms with Crippen LogP contribution in [0.25, 0.3) is 22.3 Å². The highest BCUT2D eigenvalue weighted by atomic mass is 16.3. The van der Waals surface area contributed by atoms with E-state index in [4.69, 9.17) is 0 Å². The molecule has 3 N–H and O–H groups in total. The van der Waals surface area contributed by atoms with Crippen LogP contribution >= 0.6 is 0 Å². The molecule has 0 saturated carbocycles. The van der Waals surface area contributed by atoms with E-state index >= 15 is 0 Å². The van der Waals surface area contributed by atoms with Gasteiger partial charge in [0, 0.05) is 41.4 Å². The molecular formula is C25H33N5O2. The van der Waals surface area contributed by atoms with Gasteiger partial charge in [-0.05, 0) is 62.3 Å². The van der Waals surface area contributed by atoms with Crippen molar-refractivity contribution in [1.82, 2.24) is 20.1 Å². The van der Waals surface area contributed by atoms with Crippen LogP contribution in [0.3, 0.4) is 0 Å². The molecule has 0 spiro atoms. The van der Waals surface area contributed by atoms with Gasteiger partial charge in [-0.15, -0.1) is 0 Å². The van der Waals surface area contributed by atoms with Gasteiger partial charge in [0.2, 0.25) is 5.91 Å². The Morgan fingerprint density at radius 2 is 2.19 bits per heavy atom. The number of rotatable bonds is 4. The van der Waals surface area contributed by atoms with Crippen molar-refractivity contribution in [1.29, 1.82) is 0 Å². The van der Waals surface area contributed by atoms with E-state index < -0.39 is 0 Å². The van der Waals surface area contributed by atoms with Crippen LogP contribution in [0.1, 0.15) is 44.4 Å². The standard InChI is InChI=1S/C25H33N5O2/c1-25(2)9-8-19-22(13-25)27-28-24(19)21-11-16-6-7-17(12-20(16)26-21)29(3)23(32)15-30-10-4-5-18(31)14-30/h6-7,11-12,18,26,31H,4-5,8-10,13-15H2,1-3H3,(H,27,28)/t18-/m0/s1. The van der Waals surface area contributed by atoms with E-state index in [2.05, 4.69) is 41.2 Å². The number of aromatic amines is 2. The summed E-state index contributed by atoms with van der Waals surface area (Å²) in [6, 6.07) is 8.23. The summed E-state index contributed by atoms with van der Waals surface area (Å²) in [5.41, 5.74) is 6.79. The summed E-state index contributed by atoms with van der Waals surface area (Å²) in [5, 5.41) is 18.9. The average Bonchev–Trinajstić information content (AvgIpc) is 3.35. The van der Waals surface area contributed by atoms with Crippen molar-refractivity contribution in [2.75, 3.05) is 31.6 Å². The molecule has 1 aliphatic heterocycles. The molecule has 1 aromatic carbocycles. The van der Waals surface area contributed by atoms with Gasteiger partial charge in [0.1, 0.15) is 5.69 Å². The monoisotopic (exact) mass is 435 g/mol. The molecule has 2 aromatic heterocycles. The predicted molar refractivity (Wildman–Crippen MR) is 127 cm³/mol. The highest BCUT2D eigenvalue weighted by Gasteiger charge is 2.29. The van der Waals surface area contributed by atoms with Gasteiger partial charge in [-0.25, -0.2) is 0 Å². The number of carbonyl (C=O) groups excluding carboxylic acids is 1. The first-order chi connectivity index (χ1) is 15.3. The number of aliphatic hydroxyl groups is 1. The minimum atomic E-state index is -0.325. The maximum absolute atomic E-state index is 12.8. The molecule has 1 amide bonds. The number of nitrogens with one attached hydrogen (secondary N) is 2. The van der Waals surface area contributed by atoms with Gasteiger partial charge in [-0.3, -0.25) is 14.8 Å². The molecule has 0 bridgehead atoms. The summed E-state index contributed by atoms with van der Waals surface area (Å²) >= 11 is 0. The van der Waals surface area contributed by atoms with E-state index in [9.17, 15) is 9.90 Å². The Hall–Kier alpha value is -2.64. The van der Waals surface area contributed by atoms with Crippen molar-refractivity contribution in [3.8, 4) is 11.4 Å². The molecule has 1 aliphatic carbocycles. The lowest BCUT2D eigenvalue weighted by Gasteiger charge is -2.30. The van der Waals surface area contributed by atoms with Crippen molar-refractivity contribution < 1.29 is 9.90 Å². The molecule has 0 unspecified atom stereocenters. The number of H-pyrrole nitrogens is 2. The number of amides is 1. The van der Waals surface area contributed by atoms with E-state index in [0.717, 1.165) is 66.6 Å². The molecule has 2 aliphatic rings. The molecular weight excluding hydrogens is 402 g/mol. The lowest BCUT2D eigenvalue weighted by molar-refractivity contribution is -0.120. The molecule has 170 valence electrons. The first-order valence-corrected chi connectivity index (χ1v) is 11.7. The van der Waals surface area contributed by atoms with Crippen molar-refractivity contribution in [2.45, 2.75) is 52.1 Å².